The van der Waals surface area contributed by atoms with Gasteiger partial charge in [0.1, 0.15) is 6.54 Å². The summed E-state index contributed by atoms with van der Waals surface area (Å²) in [7, 11) is 0. The number of rotatable bonds is 4. The second-order valence-corrected chi connectivity index (χ2v) is 4.00. The van der Waals surface area contributed by atoms with E-state index in [1.165, 1.54) is 19.3 Å². The highest BCUT2D eigenvalue weighted by atomic mass is 16.2. The van der Waals surface area contributed by atoms with Crippen molar-refractivity contribution >= 4 is 11.8 Å². The molecule has 0 aromatic rings. The number of likely N-dealkylation sites (tertiary alicyclic amines) is 1. The smallest absolute Gasteiger partial charge is 0.310 e. The van der Waals surface area contributed by atoms with Crippen molar-refractivity contribution in [3.05, 3.63) is 0 Å². The Morgan fingerprint density at radius 2 is 1.76 bits per heavy atom. The molecule has 0 aromatic heterocycles. The maximum atomic E-state index is 11.2. The van der Waals surface area contributed by atoms with Crippen LogP contribution in [0, 0.1) is 11.3 Å². The van der Waals surface area contributed by atoms with Gasteiger partial charge in [-0.1, -0.05) is 6.42 Å². The normalized spacial score (nSPS) is 15.9. The van der Waals surface area contributed by atoms with Crippen molar-refractivity contribution in [2.75, 3.05) is 32.7 Å². The summed E-state index contributed by atoms with van der Waals surface area (Å²) in [6.45, 7) is 3.24. The average molecular weight is 238 g/mol. The SMILES string of the molecule is N#CCNC(=O)C(=O)NCCN1CCCCC1. The van der Waals surface area contributed by atoms with Gasteiger partial charge < -0.3 is 15.5 Å². The topological polar surface area (TPSA) is 85.2 Å². The van der Waals surface area contributed by atoms with Crippen molar-refractivity contribution in [2.45, 2.75) is 19.3 Å². The average Bonchev–Trinajstić information content (AvgIpc) is 2.37. The second-order valence-electron chi connectivity index (χ2n) is 4.00. The molecule has 1 fully saturated rings. The lowest BCUT2D eigenvalue weighted by atomic mass is 10.1. The molecule has 1 aliphatic rings. The van der Waals surface area contributed by atoms with Gasteiger partial charge >= 0.3 is 11.8 Å². The first kappa shape index (κ1) is 13.5. The van der Waals surface area contributed by atoms with Crippen molar-refractivity contribution in [1.82, 2.24) is 15.5 Å². The van der Waals surface area contributed by atoms with Gasteiger partial charge in [-0.15, -0.1) is 0 Å². The minimum atomic E-state index is -0.745. The highest BCUT2D eigenvalue weighted by Crippen LogP contribution is 2.07. The summed E-state index contributed by atoms with van der Waals surface area (Å²) in [5.74, 6) is -1.41. The van der Waals surface area contributed by atoms with Crippen LogP contribution in [0.2, 0.25) is 0 Å². The molecule has 94 valence electrons. The van der Waals surface area contributed by atoms with E-state index in [4.69, 9.17) is 5.26 Å². The van der Waals surface area contributed by atoms with E-state index < -0.39 is 11.8 Å². The molecule has 0 aliphatic carbocycles. The fourth-order valence-corrected chi connectivity index (χ4v) is 1.79. The van der Waals surface area contributed by atoms with Gasteiger partial charge in [0, 0.05) is 13.1 Å². The number of nitriles is 1. The molecule has 1 heterocycles. The highest BCUT2D eigenvalue weighted by molar-refractivity contribution is 6.35. The van der Waals surface area contributed by atoms with Crippen LogP contribution in [0.15, 0.2) is 0 Å². The van der Waals surface area contributed by atoms with Gasteiger partial charge in [-0.25, -0.2) is 0 Å². The minimum Gasteiger partial charge on any atom is -0.347 e. The van der Waals surface area contributed by atoms with E-state index in [9.17, 15) is 9.59 Å². The molecule has 2 amide bonds. The lowest BCUT2D eigenvalue weighted by Gasteiger charge is -2.26. The third-order valence-corrected chi connectivity index (χ3v) is 2.70. The van der Waals surface area contributed by atoms with Crippen LogP contribution in [0.3, 0.4) is 0 Å². The zero-order valence-corrected chi connectivity index (χ0v) is 9.87. The van der Waals surface area contributed by atoms with E-state index in [1.807, 2.05) is 0 Å². The molecule has 17 heavy (non-hydrogen) atoms. The van der Waals surface area contributed by atoms with Crippen LogP contribution in [0.25, 0.3) is 0 Å². The minimum absolute atomic E-state index is 0.140. The van der Waals surface area contributed by atoms with Gasteiger partial charge in [0.05, 0.1) is 6.07 Å². The molecular formula is C11H18N4O2. The predicted molar refractivity (Wildman–Crippen MR) is 61.9 cm³/mol. The molecule has 0 unspecified atom stereocenters. The zero-order valence-electron chi connectivity index (χ0n) is 9.87. The van der Waals surface area contributed by atoms with E-state index in [-0.39, 0.29) is 6.54 Å². The van der Waals surface area contributed by atoms with Crippen molar-refractivity contribution in [1.29, 1.82) is 5.26 Å². The van der Waals surface area contributed by atoms with E-state index >= 15 is 0 Å². The Morgan fingerprint density at radius 3 is 2.41 bits per heavy atom. The number of carbonyl (C=O) groups excluding carboxylic acids is 2. The van der Waals surface area contributed by atoms with E-state index in [2.05, 4.69) is 15.5 Å². The van der Waals surface area contributed by atoms with Crippen LogP contribution in [0.4, 0.5) is 0 Å². The van der Waals surface area contributed by atoms with Crippen LogP contribution in [0.1, 0.15) is 19.3 Å². The molecule has 0 bridgehead atoms. The maximum absolute atomic E-state index is 11.2. The number of hydrogen-bond acceptors (Lipinski definition) is 4. The predicted octanol–water partition coefficient (Wildman–Crippen LogP) is -0.772. The fourth-order valence-electron chi connectivity index (χ4n) is 1.79. The van der Waals surface area contributed by atoms with Crippen LogP contribution >= 0.6 is 0 Å². The van der Waals surface area contributed by atoms with Gasteiger partial charge in [0.15, 0.2) is 0 Å². The molecule has 2 N–H and O–H groups in total. The van der Waals surface area contributed by atoms with Crippen molar-refractivity contribution in [3.63, 3.8) is 0 Å². The van der Waals surface area contributed by atoms with E-state index in [0.717, 1.165) is 19.6 Å². The standard InChI is InChI=1S/C11H18N4O2/c12-4-5-13-10(16)11(17)14-6-9-15-7-2-1-3-8-15/h1-3,5-9H2,(H,13,16)(H,14,17). The summed E-state index contributed by atoms with van der Waals surface area (Å²) >= 11 is 0. The third-order valence-electron chi connectivity index (χ3n) is 2.70. The molecule has 1 saturated heterocycles. The number of piperidine rings is 1. The molecule has 6 heteroatoms. The summed E-state index contributed by atoms with van der Waals surface area (Å²) in [5.41, 5.74) is 0. The van der Waals surface area contributed by atoms with Crippen molar-refractivity contribution in [3.8, 4) is 6.07 Å². The maximum Gasteiger partial charge on any atom is 0.310 e. The summed E-state index contributed by atoms with van der Waals surface area (Å²) in [6.07, 6.45) is 3.69. The third kappa shape index (κ3) is 5.31. The molecule has 1 rings (SSSR count). The van der Waals surface area contributed by atoms with E-state index in [0.29, 0.717) is 6.54 Å². The summed E-state index contributed by atoms with van der Waals surface area (Å²) < 4.78 is 0. The van der Waals surface area contributed by atoms with Crippen LogP contribution in [-0.2, 0) is 9.59 Å². The summed E-state index contributed by atoms with van der Waals surface area (Å²) in [4.78, 5) is 24.6. The quantitative estimate of drug-likeness (QED) is 0.497. The van der Waals surface area contributed by atoms with Crippen molar-refractivity contribution in [2.24, 2.45) is 0 Å². The van der Waals surface area contributed by atoms with Crippen LogP contribution < -0.4 is 10.6 Å². The molecule has 0 spiro atoms. The Balaban J connectivity index is 2.10. The molecule has 6 nitrogen and oxygen atoms in total. The number of hydrogen-bond donors (Lipinski definition) is 2. The first-order chi connectivity index (χ1) is 8.24. The number of carbonyl (C=O) groups is 2. The summed E-state index contributed by atoms with van der Waals surface area (Å²) in [6, 6.07) is 1.74. The van der Waals surface area contributed by atoms with Crippen LogP contribution in [-0.4, -0.2) is 49.4 Å². The number of nitrogens with zero attached hydrogens (tertiary/aromatic N) is 2. The number of nitrogens with one attached hydrogen (secondary N) is 2. The van der Waals surface area contributed by atoms with Gasteiger partial charge in [0.25, 0.3) is 0 Å². The van der Waals surface area contributed by atoms with Gasteiger partial charge in [0.2, 0.25) is 0 Å². The second kappa shape index (κ2) is 7.63. The van der Waals surface area contributed by atoms with E-state index in [1.54, 1.807) is 6.07 Å². The molecule has 0 atom stereocenters. The monoisotopic (exact) mass is 238 g/mol. The molecule has 0 radical (unpaired) electrons. The summed E-state index contributed by atoms with van der Waals surface area (Å²) in [5, 5.41) is 13.0. The molecular weight excluding hydrogens is 220 g/mol. The van der Waals surface area contributed by atoms with Crippen LogP contribution in [0.5, 0.6) is 0 Å². The Bertz CT molecular complexity index is 305. The van der Waals surface area contributed by atoms with Gasteiger partial charge in [-0.05, 0) is 25.9 Å². The highest BCUT2D eigenvalue weighted by Gasteiger charge is 2.13. The lowest BCUT2D eigenvalue weighted by molar-refractivity contribution is -0.139. The molecule has 1 aliphatic heterocycles. The van der Waals surface area contributed by atoms with Gasteiger partial charge in [-0.2, -0.15) is 5.26 Å². The Morgan fingerprint density at radius 1 is 1.12 bits per heavy atom. The first-order valence-corrected chi connectivity index (χ1v) is 5.89. The zero-order chi connectivity index (χ0) is 12.5. The molecule has 0 aromatic carbocycles. The lowest BCUT2D eigenvalue weighted by Crippen LogP contribution is -2.43. The van der Waals surface area contributed by atoms with Crippen molar-refractivity contribution < 1.29 is 9.59 Å². The Labute approximate surface area is 101 Å². The molecule has 0 saturated carbocycles. The Kier molecular flexibility index (Phi) is 6.04. The fraction of sp³-hybridized carbons (Fsp3) is 0.727. The largest absolute Gasteiger partial charge is 0.347 e. The van der Waals surface area contributed by atoms with Gasteiger partial charge in [-0.3, -0.25) is 9.59 Å². The Hall–Kier alpha value is -1.61. The number of amides is 2. The first-order valence-electron chi connectivity index (χ1n) is 5.89.